The lowest BCUT2D eigenvalue weighted by Gasteiger charge is -2.33. The number of rotatable bonds is 5. The Labute approximate surface area is 123 Å². The van der Waals surface area contributed by atoms with Gasteiger partial charge >= 0.3 is 0 Å². The molecule has 0 bridgehead atoms. The van der Waals surface area contributed by atoms with Crippen LogP contribution in [-0.4, -0.2) is 40.7 Å². The van der Waals surface area contributed by atoms with Gasteiger partial charge in [0.2, 0.25) is 5.91 Å². The Hall–Kier alpha value is -1.92. The highest BCUT2D eigenvalue weighted by atomic mass is 16.7. The zero-order valence-corrected chi connectivity index (χ0v) is 11.6. The molecule has 2 atom stereocenters. The molecule has 1 unspecified atom stereocenters. The average molecular weight is 291 g/mol. The Morgan fingerprint density at radius 1 is 1.43 bits per heavy atom. The molecule has 0 spiro atoms. The van der Waals surface area contributed by atoms with Crippen molar-refractivity contribution in [2.24, 2.45) is 5.73 Å². The third-order valence-electron chi connectivity index (χ3n) is 3.35. The zero-order valence-electron chi connectivity index (χ0n) is 11.6. The predicted octanol–water partition coefficient (Wildman–Crippen LogP) is 0.202. The predicted molar refractivity (Wildman–Crippen MR) is 75.5 cm³/mol. The molecule has 21 heavy (non-hydrogen) atoms. The van der Waals surface area contributed by atoms with E-state index in [9.17, 15) is 14.7 Å². The van der Waals surface area contributed by atoms with Crippen molar-refractivity contribution < 1.29 is 19.5 Å². The summed E-state index contributed by atoms with van der Waals surface area (Å²) >= 11 is 0. The van der Waals surface area contributed by atoms with E-state index in [1.54, 1.807) is 0 Å². The van der Waals surface area contributed by atoms with Gasteiger partial charge in [-0.1, -0.05) is 30.3 Å². The van der Waals surface area contributed by atoms with Gasteiger partial charge in [-0.25, -0.2) is 5.06 Å². The summed E-state index contributed by atoms with van der Waals surface area (Å²) in [5.41, 5.74) is 6.24. The molecule has 0 saturated carbocycles. The average Bonchev–Trinajstić information content (AvgIpc) is 2.52. The number of primary amides is 1. The summed E-state index contributed by atoms with van der Waals surface area (Å²) < 4.78 is 0. The first-order valence-corrected chi connectivity index (χ1v) is 6.90. The summed E-state index contributed by atoms with van der Waals surface area (Å²) in [5, 5.41) is 10.9. The fraction of sp³-hybridized carbons (Fsp3) is 0.400. The number of aliphatic hydroxyl groups is 1. The summed E-state index contributed by atoms with van der Waals surface area (Å²) in [7, 11) is 0. The molecule has 6 heteroatoms. The van der Waals surface area contributed by atoms with Crippen LogP contribution in [0.3, 0.4) is 0 Å². The number of hydrogen-bond acceptors (Lipinski definition) is 4. The van der Waals surface area contributed by atoms with Gasteiger partial charge in [0.15, 0.2) is 0 Å². The van der Waals surface area contributed by atoms with E-state index in [4.69, 9.17) is 10.6 Å². The number of benzene rings is 1. The fourth-order valence-electron chi connectivity index (χ4n) is 2.21. The van der Waals surface area contributed by atoms with Crippen LogP contribution in [0.25, 0.3) is 0 Å². The maximum absolute atomic E-state index is 12.1. The van der Waals surface area contributed by atoms with Crippen molar-refractivity contribution >= 4 is 11.8 Å². The number of nitrogens with two attached hydrogens (primary N) is 1. The van der Waals surface area contributed by atoms with E-state index in [0.29, 0.717) is 25.9 Å². The monoisotopic (exact) mass is 291 g/mol. The van der Waals surface area contributed by atoms with Crippen molar-refractivity contribution in [1.29, 1.82) is 0 Å². The van der Waals surface area contributed by atoms with Crippen molar-refractivity contribution in [3.05, 3.63) is 42.3 Å². The molecule has 1 radical (unpaired) electrons. The summed E-state index contributed by atoms with van der Waals surface area (Å²) in [5.74, 6) is -1.28. The van der Waals surface area contributed by atoms with Crippen LogP contribution in [-0.2, 0) is 20.8 Å². The van der Waals surface area contributed by atoms with E-state index in [0.717, 1.165) is 10.6 Å². The molecule has 1 saturated heterocycles. The Kier molecular flexibility index (Phi) is 5.30. The van der Waals surface area contributed by atoms with E-state index < -0.39 is 24.0 Å². The lowest BCUT2D eigenvalue weighted by Crippen LogP contribution is -2.53. The van der Waals surface area contributed by atoms with E-state index in [-0.39, 0.29) is 0 Å². The standard InChI is InChI=1S/C15H19N2O4/c16-14(19)12-7-4-10-21-17(12)15(20)13(18)9-8-11-5-2-1-3-6-11/h1-3,5-6,9,12-13,18H,4,7-8,10H2,(H2,16,19)/t12?,13-/m1/s1. The van der Waals surface area contributed by atoms with Crippen LogP contribution < -0.4 is 5.73 Å². The van der Waals surface area contributed by atoms with E-state index in [2.05, 4.69) is 0 Å². The molecule has 1 aliphatic rings. The number of hydrogen-bond donors (Lipinski definition) is 2. The number of hydroxylamine groups is 2. The third-order valence-corrected chi connectivity index (χ3v) is 3.35. The highest BCUT2D eigenvalue weighted by molar-refractivity contribution is 5.88. The second-order valence-corrected chi connectivity index (χ2v) is 4.93. The van der Waals surface area contributed by atoms with Crippen molar-refractivity contribution in [3.8, 4) is 0 Å². The minimum atomic E-state index is -1.33. The second kappa shape index (κ2) is 7.19. The minimum Gasteiger partial charge on any atom is -0.383 e. The third kappa shape index (κ3) is 4.03. The van der Waals surface area contributed by atoms with Crippen molar-refractivity contribution in [2.45, 2.75) is 31.4 Å². The quantitative estimate of drug-likeness (QED) is 0.810. The largest absolute Gasteiger partial charge is 0.383 e. The Morgan fingerprint density at radius 3 is 2.81 bits per heavy atom. The number of carbonyl (C=O) groups excluding carboxylic acids is 2. The molecule has 113 valence electrons. The smallest absolute Gasteiger partial charge is 0.275 e. The number of nitrogens with zero attached hydrogens (tertiary/aromatic N) is 1. The fourth-order valence-corrected chi connectivity index (χ4v) is 2.21. The molecule has 1 heterocycles. The summed E-state index contributed by atoms with van der Waals surface area (Å²) in [6.07, 6.45) is 1.70. The van der Waals surface area contributed by atoms with Crippen molar-refractivity contribution in [2.75, 3.05) is 6.61 Å². The summed E-state index contributed by atoms with van der Waals surface area (Å²) in [6, 6.07) is 8.65. The van der Waals surface area contributed by atoms with Gasteiger partial charge in [0, 0.05) is 6.42 Å². The first-order valence-electron chi connectivity index (χ1n) is 6.90. The Bertz CT molecular complexity index is 492. The van der Waals surface area contributed by atoms with Crippen LogP contribution in [0, 0.1) is 6.42 Å². The normalized spacial score (nSPS) is 20.0. The molecular weight excluding hydrogens is 272 g/mol. The number of aliphatic hydroxyl groups excluding tert-OH is 1. The van der Waals surface area contributed by atoms with Gasteiger partial charge in [-0.2, -0.15) is 0 Å². The van der Waals surface area contributed by atoms with Crippen molar-refractivity contribution in [1.82, 2.24) is 5.06 Å². The number of carbonyl (C=O) groups is 2. The molecule has 0 aliphatic carbocycles. The van der Waals surface area contributed by atoms with Gasteiger partial charge in [0.05, 0.1) is 6.61 Å². The van der Waals surface area contributed by atoms with Crippen LogP contribution in [0.2, 0.25) is 0 Å². The Morgan fingerprint density at radius 2 is 2.14 bits per heavy atom. The number of amides is 2. The maximum atomic E-state index is 12.1. The van der Waals surface area contributed by atoms with Gasteiger partial charge in [-0.15, -0.1) is 0 Å². The lowest BCUT2D eigenvalue weighted by molar-refractivity contribution is -0.219. The van der Waals surface area contributed by atoms with Gasteiger partial charge in [0.25, 0.3) is 5.91 Å². The molecule has 1 aromatic carbocycles. The topological polar surface area (TPSA) is 92.9 Å². The van der Waals surface area contributed by atoms with E-state index in [1.807, 2.05) is 30.3 Å². The van der Waals surface area contributed by atoms with Crippen molar-refractivity contribution in [3.63, 3.8) is 0 Å². The van der Waals surface area contributed by atoms with E-state index in [1.165, 1.54) is 6.42 Å². The zero-order chi connectivity index (χ0) is 15.2. The molecule has 0 aromatic heterocycles. The van der Waals surface area contributed by atoms with Crippen LogP contribution in [0.4, 0.5) is 0 Å². The molecule has 1 fully saturated rings. The molecular formula is C15H19N2O4. The van der Waals surface area contributed by atoms with Gasteiger partial charge in [-0.3, -0.25) is 14.4 Å². The van der Waals surface area contributed by atoms with Crippen LogP contribution in [0.5, 0.6) is 0 Å². The maximum Gasteiger partial charge on any atom is 0.275 e. The van der Waals surface area contributed by atoms with Gasteiger partial charge in [-0.05, 0) is 24.8 Å². The summed E-state index contributed by atoms with van der Waals surface area (Å²) in [6.45, 7) is 0.334. The first kappa shape index (κ1) is 15.5. The van der Waals surface area contributed by atoms with Gasteiger partial charge < -0.3 is 10.8 Å². The minimum absolute atomic E-state index is 0.334. The molecule has 6 nitrogen and oxygen atoms in total. The molecule has 1 aromatic rings. The van der Waals surface area contributed by atoms with Crippen LogP contribution >= 0.6 is 0 Å². The Balaban J connectivity index is 1.93. The molecule has 3 N–H and O–H groups in total. The molecule has 2 rings (SSSR count). The van der Waals surface area contributed by atoms with Crippen LogP contribution in [0.15, 0.2) is 30.3 Å². The summed E-state index contributed by atoms with van der Waals surface area (Å²) in [4.78, 5) is 28.7. The first-order chi connectivity index (χ1) is 10.1. The SMILES string of the molecule is NC(=O)C1CCCON1C(=O)[C@H](O)[CH]Cc1ccccc1. The van der Waals surface area contributed by atoms with E-state index >= 15 is 0 Å². The highest BCUT2D eigenvalue weighted by Crippen LogP contribution is 2.17. The van der Waals surface area contributed by atoms with Gasteiger partial charge in [0.1, 0.15) is 12.1 Å². The highest BCUT2D eigenvalue weighted by Gasteiger charge is 2.35. The molecule has 1 aliphatic heterocycles. The second-order valence-electron chi connectivity index (χ2n) is 4.93. The molecule has 2 amide bonds. The lowest BCUT2D eigenvalue weighted by atomic mass is 10.0. The van der Waals surface area contributed by atoms with Crippen LogP contribution in [0.1, 0.15) is 18.4 Å².